The maximum Gasteiger partial charge on any atom is 0.277 e. The molecule has 0 aliphatic carbocycles. The summed E-state index contributed by atoms with van der Waals surface area (Å²) in [5, 5.41) is 0. The van der Waals surface area contributed by atoms with E-state index in [1.165, 1.54) is 13.3 Å². The minimum Gasteiger partial charge on any atom is -0.340 e. The second-order valence-corrected chi connectivity index (χ2v) is 4.14. The van der Waals surface area contributed by atoms with Crippen LogP contribution >= 0.6 is 0 Å². The predicted molar refractivity (Wildman–Crippen MR) is 58.4 cm³/mol. The summed E-state index contributed by atoms with van der Waals surface area (Å²) < 4.78 is 1.60. The fourth-order valence-corrected chi connectivity index (χ4v) is 2.40. The number of aromatic amines is 1. The van der Waals surface area contributed by atoms with Crippen molar-refractivity contribution in [3.05, 3.63) is 28.4 Å². The molecular formula is C11H11N3O2. The molecule has 1 N–H and O–H groups in total. The molecule has 1 aliphatic heterocycles. The smallest absolute Gasteiger partial charge is 0.277 e. The summed E-state index contributed by atoms with van der Waals surface area (Å²) in [6.07, 6.45) is 2.99. The quantitative estimate of drug-likeness (QED) is 0.768. The molecule has 0 saturated heterocycles. The van der Waals surface area contributed by atoms with Gasteiger partial charge in [-0.2, -0.15) is 0 Å². The molecule has 82 valence electrons. The number of nitrogens with zero attached hydrogens (tertiary/aromatic N) is 2. The van der Waals surface area contributed by atoms with Crippen LogP contribution in [0.1, 0.15) is 25.1 Å². The highest BCUT2D eigenvalue weighted by Gasteiger charge is 2.27. The van der Waals surface area contributed by atoms with Crippen LogP contribution in [0.5, 0.6) is 0 Å². The van der Waals surface area contributed by atoms with Gasteiger partial charge in [-0.1, -0.05) is 0 Å². The standard InChI is InChI=1S/C11H11N3O2/c1-6(15)9-3-2-7-4-8-10(13-5-12-8)11(16)14(7)9/h4-5,9H,2-3H2,1H3,(H,12,13). The number of fused-ring (bicyclic) bond motifs is 2. The summed E-state index contributed by atoms with van der Waals surface area (Å²) in [6, 6.07) is 1.59. The van der Waals surface area contributed by atoms with E-state index < -0.39 is 0 Å². The van der Waals surface area contributed by atoms with Crippen molar-refractivity contribution in [1.82, 2.24) is 14.5 Å². The Bertz CT molecular complexity index is 638. The first kappa shape index (κ1) is 9.33. The van der Waals surface area contributed by atoms with Gasteiger partial charge in [0, 0.05) is 5.69 Å². The molecule has 16 heavy (non-hydrogen) atoms. The van der Waals surface area contributed by atoms with Gasteiger partial charge >= 0.3 is 0 Å². The topological polar surface area (TPSA) is 67.8 Å². The summed E-state index contributed by atoms with van der Waals surface area (Å²) in [6.45, 7) is 1.53. The third kappa shape index (κ3) is 1.08. The number of ketones is 1. The first-order valence-corrected chi connectivity index (χ1v) is 5.26. The van der Waals surface area contributed by atoms with Gasteiger partial charge in [0.25, 0.3) is 5.56 Å². The van der Waals surface area contributed by atoms with Crippen molar-refractivity contribution in [3.8, 4) is 0 Å². The van der Waals surface area contributed by atoms with Crippen LogP contribution in [0.4, 0.5) is 0 Å². The van der Waals surface area contributed by atoms with E-state index in [9.17, 15) is 9.59 Å². The Kier molecular flexibility index (Phi) is 1.77. The third-order valence-corrected chi connectivity index (χ3v) is 3.17. The van der Waals surface area contributed by atoms with Gasteiger partial charge in [-0.05, 0) is 25.8 Å². The van der Waals surface area contributed by atoms with E-state index in [0.29, 0.717) is 11.0 Å². The number of aromatic nitrogens is 3. The van der Waals surface area contributed by atoms with Gasteiger partial charge in [0.2, 0.25) is 0 Å². The summed E-state index contributed by atoms with van der Waals surface area (Å²) in [5.74, 6) is 0.0414. The zero-order chi connectivity index (χ0) is 11.3. The first-order chi connectivity index (χ1) is 7.68. The number of rotatable bonds is 1. The van der Waals surface area contributed by atoms with Crippen molar-refractivity contribution in [1.29, 1.82) is 0 Å². The predicted octanol–water partition coefficient (Wildman–Crippen LogP) is 0.801. The van der Waals surface area contributed by atoms with E-state index >= 15 is 0 Å². The van der Waals surface area contributed by atoms with Crippen LogP contribution in [0.3, 0.4) is 0 Å². The van der Waals surface area contributed by atoms with E-state index in [1.807, 2.05) is 6.07 Å². The number of carbonyl (C=O) groups excluding carboxylic acids is 1. The number of aryl methyl sites for hydroxylation is 1. The number of nitrogens with one attached hydrogen (secondary N) is 1. The monoisotopic (exact) mass is 217 g/mol. The molecule has 3 heterocycles. The van der Waals surface area contributed by atoms with Crippen molar-refractivity contribution in [2.24, 2.45) is 0 Å². The number of Topliss-reactive ketones (excluding diaryl/α,β-unsaturated/α-hetero) is 1. The maximum absolute atomic E-state index is 12.1. The Morgan fingerprint density at radius 1 is 1.62 bits per heavy atom. The van der Waals surface area contributed by atoms with Gasteiger partial charge in [0.1, 0.15) is 5.52 Å². The maximum atomic E-state index is 12.1. The molecule has 3 rings (SSSR count). The highest BCUT2D eigenvalue weighted by molar-refractivity contribution is 5.82. The first-order valence-electron chi connectivity index (χ1n) is 5.26. The van der Waals surface area contributed by atoms with Crippen LogP contribution in [0, 0.1) is 0 Å². The molecule has 2 aromatic rings. The van der Waals surface area contributed by atoms with Gasteiger partial charge in [0.15, 0.2) is 5.78 Å². The van der Waals surface area contributed by atoms with E-state index in [-0.39, 0.29) is 17.4 Å². The van der Waals surface area contributed by atoms with Crippen molar-refractivity contribution < 1.29 is 4.79 Å². The molecule has 0 bridgehead atoms. The van der Waals surface area contributed by atoms with Gasteiger partial charge in [0.05, 0.1) is 17.9 Å². The normalized spacial score (nSPS) is 18.9. The van der Waals surface area contributed by atoms with E-state index in [4.69, 9.17) is 0 Å². The van der Waals surface area contributed by atoms with E-state index in [1.54, 1.807) is 4.57 Å². The zero-order valence-corrected chi connectivity index (χ0v) is 8.86. The Labute approximate surface area is 91.1 Å². The number of hydrogen-bond acceptors (Lipinski definition) is 3. The van der Waals surface area contributed by atoms with E-state index in [2.05, 4.69) is 9.97 Å². The second-order valence-electron chi connectivity index (χ2n) is 4.14. The molecule has 5 nitrogen and oxygen atoms in total. The molecule has 1 unspecified atom stereocenters. The van der Waals surface area contributed by atoms with Gasteiger partial charge in [-0.3, -0.25) is 9.59 Å². The average molecular weight is 217 g/mol. The van der Waals surface area contributed by atoms with Crippen LogP contribution < -0.4 is 5.56 Å². The minimum atomic E-state index is -0.296. The fraction of sp³-hybridized carbons (Fsp3) is 0.364. The average Bonchev–Trinajstić information content (AvgIpc) is 2.83. The number of imidazole rings is 1. The summed E-state index contributed by atoms with van der Waals surface area (Å²) in [5.41, 5.74) is 1.94. The molecule has 5 heteroatoms. The lowest BCUT2D eigenvalue weighted by atomic mass is 10.1. The highest BCUT2D eigenvalue weighted by atomic mass is 16.1. The lowest BCUT2D eigenvalue weighted by molar-refractivity contribution is -0.119. The molecule has 0 fully saturated rings. The highest BCUT2D eigenvalue weighted by Crippen LogP contribution is 2.25. The minimum absolute atomic E-state index is 0.0414. The van der Waals surface area contributed by atoms with Crippen LogP contribution in [-0.2, 0) is 11.2 Å². The number of H-pyrrole nitrogens is 1. The van der Waals surface area contributed by atoms with Crippen molar-refractivity contribution in [2.45, 2.75) is 25.8 Å². The third-order valence-electron chi connectivity index (χ3n) is 3.17. The molecule has 2 aromatic heterocycles. The Hall–Kier alpha value is -1.91. The molecule has 0 amide bonds. The van der Waals surface area contributed by atoms with Gasteiger partial charge in [-0.15, -0.1) is 0 Å². The van der Waals surface area contributed by atoms with Crippen LogP contribution in [0.15, 0.2) is 17.2 Å². The van der Waals surface area contributed by atoms with Crippen molar-refractivity contribution in [3.63, 3.8) is 0 Å². The number of carbonyl (C=O) groups is 1. The molecule has 0 spiro atoms. The summed E-state index contributed by atoms with van der Waals surface area (Å²) >= 11 is 0. The van der Waals surface area contributed by atoms with Crippen LogP contribution in [0.25, 0.3) is 11.0 Å². The molecule has 0 aromatic carbocycles. The molecule has 1 aliphatic rings. The largest absolute Gasteiger partial charge is 0.340 e. The van der Waals surface area contributed by atoms with E-state index in [0.717, 1.165) is 18.5 Å². The van der Waals surface area contributed by atoms with Gasteiger partial charge in [-0.25, -0.2) is 4.98 Å². The molecule has 0 saturated carbocycles. The molecular weight excluding hydrogens is 206 g/mol. The number of pyridine rings is 1. The number of hydrogen-bond donors (Lipinski definition) is 1. The summed E-state index contributed by atoms with van der Waals surface area (Å²) in [7, 11) is 0. The molecule has 0 radical (unpaired) electrons. The lowest BCUT2D eigenvalue weighted by Crippen LogP contribution is -2.26. The second kappa shape index (κ2) is 3.04. The Morgan fingerprint density at radius 3 is 3.19 bits per heavy atom. The van der Waals surface area contributed by atoms with Crippen molar-refractivity contribution >= 4 is 16.8 Å². The SMILES string of the molecule is CC(=O)C1CCc2cc3nc[nH]c3c(=O)n21. The molecule has 1 atom stereocenters. The lowest BCUT2D eigenvalue weighted by Gasteiger charge is -2.10. The summed E-state index contributed by atoms with van der Waals surface area (Å²) in [4.78, 5) is 30.5. The van der Waals surface area contributed by atoms with Crippen LogP contribution in [-0.4, -0.2) is 20.3 Å². The van der Waals surface area contributed by atoms with Crippen molar-refractivity contribution in [2.75, 3.05) is 0 Å². The Morgan fingerprint density at radius 2 is 2.44 bits per heavy atom. The fourth-order valence-electron chi connectivity index (χ4n) is 2.40. The van der Waals surface area contributed by atoms with Crippen LogP contribution in [0.2, 0.25) is 0 Å². The zero-order valence-electron chi connectivity index (χ0n) is 8.86. The van der Waals surface area contributed by atoms with Gasteiger partial charge < -0.3 is 9.55 Å². The Balaban J connectivity index is 2.36.